The van der Waals surface area contributed by atoms with E-state index in [1.54, 1.807) is 18.4 Å². The molecule has 1 aromatic heterocycles. The molecule has 0 amide bonds. The summed E-state index contributed by atoms with van der Waals surface area (Å²) in [6, 6.07) is 8.50. The van der Waals surface area contributed by atoms with E-state index in [0.29, 0.717) is 25.8 Å². The number of hydrogen-bond acceptors (Lipinski definition) is 5. The van der Waals surface area contributed by atoms with Crippen LogP contribution < -0.4 is 10.6 Å². The minimum atomic E-state index is 0.317. The van der Waals surface area contributed by atoms with Crippen LogP contribution in [0.5, 0.6) is 0 Å². The SMILES string of the molecule is CCc1cnc(CNC(=NC)NCc2cccc(COC3CCOCC3)c2)s1. The van der Waals surface area contributed by atoms with Gasteiger partial charge in [-0.2, -0.15) is 0 Å². The van der Waals surface area contributed by atoms with Crippen molar-refractivity contribution in [3.8, 4) is 0 Å². The minimum absolute atomic E-state index is 0.317. The molecule has 2 heterocycles. The zero-order valence-electron chi connectivity index (χ0n) is 16.7. The highest BCUT2D eigenvalue weighted by Gasteiger charge is 2.14. The van der Waals surface area contributed by atoms with Crippen molar-refractivity contribution in [2.45, 2.75) is 52.0 Å². The van der Waals surface area contributed by atoms with Gasteiger partial charge in [0.25, 0.3) is 0 Å². The molecule has 1 aliphatic rings. The molecule has 0 spiro atoms. The fourth-order valence-corrected chi connectivity index (χ4v) is 3.85. The Kier molecular flexibility index (Phi) is 8.26. The third kappa shape index (κ3) is 6.58. The lowest BCUT2D eigenvalue weighted by atomic mass is 10.1. The number of benzene rings is 1. The van der Waals surface area contributed by atoms with Gasteiger partial charge in [0.1, 0.15) is 5.01 Å². The van der Waals surface area contributed by atoms with E-state index in [1.165, 1.54) is 16.0 Å². The molecule has 0 bridgehead atoms. The van der Waals surface area contributed by atoms with Gasteiger partial charge in [-0.15, -0.1) is 11.3 Å². The van der Waals surface area contributed by atoms with Crippen molar-refractivity contribution in [2.75, 3.05) is 20.3 Å². The molecule has 0 atom stereocenters. The number of aromatic nitrogens is 1. The molecule has 7 heteroatoms. The molecule has 0 saturated carbocycles. The van der Waals surface area contributed by atoms with Crippen LogP contribution in [0.1, 0.15) is 40.8 Å². The average Bonchev–Trinajstić information content (AvgIpc) is 3.21. The number of aliphatic imine (C=N–C) groups is 1. The van der Waals surface area contributed by atoms with Gasteiger partial charge in [-0.25, -0.2) is 4.98 Å². The second-order valence-corrected chi connectivity index (χ2v) is 8.00. The summed E-state index contributed by atoms with van der Waals surface area (Å²) < 4.78 is 11.4. The summed E-state index contributed by atoms with van der Waals surface area (Å²) in [5.74, 6) is 0.775. The molecule has 0 radical (unpaired) electrons. The van der Waals surface area contributed by atoms with Gasteiger partial charge in [0.05, 0.1) is 19.3 Å². The number of thiazole rings is 1. The van der Waals surface area contributed by atoms with Crippen molar-refractivity contribution in [1.82, 2.24) is 15.6 Å². The van der Waals surface area contributed by atoms with Crippen molar-refractivity contribution in [3.63, 3.8) is 0 Å². The Labute approximate surface area is 171 Å². The summed E-state index contributed by atoms with van der Waals surface area (Å²) >= 11 is 1.74. The summed E-state index contributed by atoms with van der Waals surface area (Å²) in [6.45, 7) is 5.80. The van der Waals surface area contributed by atoms with Gasteiger partial charge in [-0.1, -0.05) is 31.2 Å². The highest BCUT2D eigenvalue weighted by atomic mass is 32.1. The molecule has 152 valence electrons. The van der Waals surface area contributed by atoms with E-state index >= 15 is 0 Å². The Morgan fingerprint density at radius 2 is 2.04 bits per heavy atom. The van der Waals surface area contributed by atoms with E-state index in [-0.39, 0.29) is 0 Å². The van der Waals surface area contributed by atoms with Crippen LogP contribution in [-0.4, -0.2) is 37.3 Å². The first-order valence-electron chi connectivity index (χ1n) is 9.92. The van der Waals surface area contributed by atoms with E-state index in [2.05, 4.69) is 51.8 Å². The molecular weight excluding hydrogens is 372 g/mol. The maximum Gasteiger partial charge on any atom is 0.191 e. The number of guanidine groups is 1. The van der Waals surface area contributed by atoms with Gasteiger partial charge in [0.15, 0.2) is 5.96 Å². The maximum atomic E-state index is 6.03. The molecule has 1 saturated heterocycles. The van der Waals surface area contributed by atoms with Crippen LogP contribution in [0, 0.1) is 0 Å². The predicted molar refractivity (Wildman–Crippen MR) is 114 cm³/mol. The highest BCUT2D eigenvalue weighted by molar-refractivity contribution is 7.11. The largest absolute Gasteiger partial charge is 0.381 e. The smallest absolute Gasteiger partial charge is 0.191 e. The van der Waals surface area contributed by atoms with Gasteiger partial charge in [0.2, 0.25) is 0 Å². The zero-order chi connectivity index (χ0) is 19.6. The number of nitrogens with one attached hydrogen (secondary N) is 2. The third-order valence-corrected chi connectivity index (χ3v) is 5.83. The lowest BCUT2D eigenvalue weighted by Crippen LogP contribution is -2.36. The molecule has 1 aromatic carbocycles. The lowest BCUT2D eigenvalue weighted by Gasteiger charge is -2.22. The van der Waals surface area contributed by atoms with E-state index in [0.717, 1.165) is 43.4 Å². The van der Waals surface area contributed by atoms with Crippen LogP contribution in [0.25, 0.3) is 0 Å². The highest BCUT2D eigenvalue weighted by Crippen LogP contribution is 2.15. The number of aryl methyl sites for hydroxylation is 1. The Morgan fingerprint density at radius 1 is 1.25 bits per heavy atom. The van der Waals surface area contributed by atoms with Gasteiger partial charge in [-0.3, -0.25) is 4.99 Å². The number of ether oxygens (including phenoxy) is 2. The zero-order valence-corrected chi connectivity index (χ0v) is 17.6. The summed E-state index contributed by atoms with van der Waals surface area (Å²) in [6.07, 6.45) is 5.27. The summed E-state index contributed by atoms with van der Waals surface area (Å²) in [5.41, 5.74) is 2.40. The normalized spacial score (nSPS) is 15.6. The summed E-state index contributed by atoms with van der Waals surface area (Å²) in [7, 11) is 1.78. The van der Waals surface area contributed by atoms with E-state index in [9.17, 15) is 0 Å². The Bertz CT molecular complexity index is 756. The van der Waals surface area contributed by atoms with Crippen LogP contribution in [-0.2, 0) is 35.6 Å². The van der Waals surface area contributed by atoms with Crippen LogP contribution >= 0.6 is 11.3 Å². The predicted octanol–water partition coefficient (Wildman–Crippen LogP) is 3.27. The Hall–Kier alpha value is -1.96. The average molecular weight is 403 g/mol. The first kappa shape index (κ1) is 20.8. The van der Waals surface area contributed by atoms with Crippen LogP contribution in [0.3, 0.4) is 0 Å². The second-order valence-electron chi connectivity index (χ2n) is 6.80. The fraction of sp³-hybridized carbons (Fsp3) is 0.524. The lowest BCUT2D eigenvalue weighted by molar-refractivity contribution is -0.0390. The van der Waals surface area contributed by atoms with E-state index in [4.69, 9.17) is 9.47 Å². The minimum Gasteiger partial charge on any atom is -0.381 e. The summed E-state index contributed by atoms with van der Waals surface area (Å²) in [4.78, 5) is 10.0. The van der Waals surface area contributed by atoms with Gasteiger partial charge in [0, 0.05) is 37.9 Å². The topological polar surface area (TPSA) is 67.8 Å². The molecule has 3 rings (SSSR count). The monoisotopic (exact) mass is 402 g/mol. The number of hydrogen-bond donors (Lipinski definition) is 2. The molecule has 2 N–H and O–H groups in total. The first-order chi connectivity index (χ1) is 13.8. The molecular formula is C21H30N4O2S. The van der Waals surface area contributed by atoms with Crippen molar-refractivity contribution in [3.05, 3.63) is 51.5 Å². The van der Waals surface area contributed by atoms with E-state index in [1.807, 2.05) is 6.20 Å². The molecule has 6 nitrogen and oxygen atoms in total. The number of nitrogens with zero attached hydrogens (tertiary/aromatic N) is 2. The Morgan fingerprint density at radius 3 is 2.79 bits per heavy atom. The molecule has 1 aliphatic heterocycles. The van der Waals surface area contributed by atoms with E-state index < -0.39 is 0 Å². The molecule has 1 fully saturated rings. The standard InChI is InChI=1S/C21H30N4O2S/c1-3-19-13-23-20(28-19)14-25-21(22-2)24-12-16-5-4-6-17(11-16)15-27-18-7-9-26-10-8-18/h4-6,11,13,18H,3,7-10,12,14-15H2,1-2H3,(H2,22,24,25). The van der Waals surface area contributed by atoms with Gasteiger partial charge < -0.3 is 20.1 Å². The van der Waals surface area contributed by atoms with Gasteiger partial charge in [-0.05, 0) is 30.4 Å². The van der Waals surface area contributed by atoms with Gasteiger partial charge >= 0.3 is 0 Å². The maximum absolute atomic E-state index is 6.03. The quantitative estimate of drug-likeness (QED) is 0.524. The number of rotatable bonds is 8. The molecule has 28 heavy (non-hydrogen) atoms. The third-order valence-electron chi connectivity index (χ3n) is 4.69. The van der Waals surface area contributed by atoms with Crippen LogP contribution in [0.2, 0.25) is 0 Å². The first-order valence-corrected chi connectivity index (χ1v) is 10.7. The molecule has 2 aromatic rings. The molecule has 0 unspecified atom stereocenters. The van der Waals surface area contributed by atoms with Crippen LogP contribution in [0.4, 0.5) is 0 Å². The van der Waals surface area contributed by atoms with Crippen molar-refractivity contribution in [1.29, 1.82) is 0 Å². The van der Waals surface area contributed by atoms with Crippen molar-refractivity contribution in [2.24, 2.45) is 4.99 Å². The van der Waals surface area contributed by atoms with Crippen molar-refractivity contribution >= 4 is 17.3 Å². The molecule has 0 aliphatic carbocycles. The Balaban J connectivity index is 1.44. The van der Waals surface area contributed by atoms with Crippen molar-refractivity contribution < 1.29 is 9.47 Å². The second kappa shape index (κ2) is 11.1. The van der Waals surface area contributed by atoms with Crippen LogP contribution in [0.15, 0.2) is 35.5 Å². The summed E-state index contributed by atoms with van der Waals surface area (Å²) in [5, 5.41) is 7.77. The fourth-order valence-electron chi connectivity index (χ4n) is 3.05.